The summed E-state index contributed by atoms with van der Waals surface area (Å²) in [6.07, 6.45) is 0. The van der Waals surface area contributed by atoms with Crippen molar-refractivity contribution in [2.24, 2.45) is 0 Å². The van der Waals surface area contributed by atoms with Gasteiger partial charge in [0.1, 0.15) is 23.0 Å². The smallest absolute Gasteiger partial charge is 0.135 e. The van der Waals surface area contributed by atoms with E-state index in [1.807, 2.05) is 78.9 Å². The van der Waals surface area contributed by atoms with E-state index in [1.165, 1.54) is 0 Å². The van der Waals surface area contributed by atoms with E-state index in [9.17, 15) is 0 Å². The molecule has 5 aromatic rings. The van der Waals surface area contributed by atoms with Gasteiger partial charge >= 0.3 is 0 Å². The molecule has 0 amide bonds. The molecule has 0 saturated heterocycles. The summed E-state index contributed by atoms with van der Waals surface area (Å²) in [6, 6.07) is 36.4. The van der Waals surface area contributed by atoms with Crippen LogP contribution in [0.25, 0.3) is 21.5 Å². The predicted molar refractivity (Wildman–Crippen MR) is 114 cm³/mol. The Hall–Kier alpha value is -3.78. The van der Waals surface area contributed by atoms with Crippen molar-refractivity contribution in [2.45, 2.75) is 0 Å². The maximum absolute atomic E-state index is 6.12. The molecule has 28 heavy (non-hydrogen) atoms. The number of ether oxygens (including phenoxy) is 2. The van der Waals surface area contributed by atoms with Crippen LogP contribution in [0.4, 0.5) is 0 Å². The van der Waals surface area contributed by atoms with E-state index in [0.717, 1.165) is 44.5 Å². The molecular weight excluding hydrogens is 344 g/mol. The molecule has 0 aromatic heterocycles. The summed E-state index contributed by atoms with van der Waals surface area (Å²) in [6.45, 7) is 0. The molecule has 0 heterocycles. The molecule has 0 fully saturated rings. The van der Waals surface area contributed by atoms with Gasteiger partial charge in [-0.05, 0) is 70.8 Å². The summed E-state index contributed by atoms with van der Waals surface area (Å²) < 4.78 is 12.1. The molecule has 0 unspecified atom stereocenters. The summed E-state index contributed by atoms with van der Waals surface area (Å²) in [7, 11) is 0. The van der Waals surface area contributed by atoms with Gasteiger partial charge in [0, 0.05) is 5.39 Å². The van der Waals surface area contributed by atoms with Crippen molar-refractivity contribution in [3.63, 3.8) is 0 Å². The fourth-order valence-electron chi connectivity index (χ4n) is 3.37. The van der Waals surface area contributed by atoms with Crippen molar-refractivity contribution < 1.29 is 9.47 Å². The molecule has 0 aliphatic rings. The van der Waals surface area contributed by atoms with Gasteiger partial charge in [-0.3, -0.25) is 0 Å². The molecule has 0 atom stereocenters. The van der Waals surface area contributed by atoms with Gasteiger partial charge in [-0.2, -0.15) is 0 Å². The van der Waals surface area contributed by atoms with E-state index in [4.69, 9.17) is 9.47 Å². The monoisotopic (exact) mass is 362 g/mol. The van der Waals surface area contributed by atoms with Gasteiger partial charge in [0.15, 0.2) is 0 Å². The van der Waals surface area contributed by atoms with Gasteiger partial charge < -0.3 is 9.47 Å². The Morgan fingerprint density at radius 1 is 0.393 bits per heavy atom. The molecule has 5 aromatic carbocycles. The Morgan fingerprint density at radius 2 is 1.11 bits per heavy atom. The summed E-state index contributed by atoms with van der Waals surface area (Å²) in [5, 5.41) is 4.52. The molecule has 0 N–H and O–H groups in total. The van der Waals surface area contributed by atoms with E-state index >= 15 is 0 Å². The molecule has 2 heteroatoms. The number of hydrogen-bond donors (Lipinski definition) is 0. The Kier molecular flexibility index (Phi) is 4.15. The Balaban J connectivity index is 1.55. The molecule has 0 bridgehead atoms. The van der Waals surface area contributed by atoms with Crippen LogP contribution in [0.2, 0.25) is 0 Å². The maximum Gasteiger partial charge on any atom is 0.135 e. The third-order valence-corrected chi connectivity index (χ3v) is 4.72. The van der Waals surface area contributed by atoms with Crippen LogP contribution in [0.3, 0.4) is 0 Å². The van der Waals surface area contributed by atoms with Crippen LogP contribution in [0.5, 0.6) is 23.0 Å². The Labute approximate surface area is 163 Å². The third-order valence-electron chi connectivity index (χ3n) is 4.72. The molecule has 0 radical (unpaired) electrons. The van der Waals surface area contributed by atoms with Crippen LogP contribution in [0, 0.1) is 0 Å². The highest BCUT2D eigenvalue weighted by atomic mass is 16.5. The average Bonchev–Trinajstić information content (AvgIpc) is 2.74. The van der Waals surface area contributed by atoms with Crippen LogP contribution in [-0.4, -0.2) is 0 Å². The highest BCUT2D eigenvalue weighted by Gasteiger charge is 2.07. The molecule has 0 aliphatic carbocycles. The fourth-order valence-corrected chi connectivity index (χ4v) is 3.37. The molecular formula is C26H18O2. The lowest BCUT2D eigenvalue weighted by molar-refractivity contribution is 0.483. The second-order valence-electron chi connectivity index (χ2n) is 6.67. The highest BCUT2D eigenvalue weighted by molar-refractivity contribution is 6.01. The Morgan fingerprint density at radius 3 is 1.86 bits per heavy atom. The molecule has 0 spiro atoms. The van der Waals surface area contributed by atoms with Gasteiger partial charge in [-0.1, -0.05) is 54.6 Å². The molecule has 5 rings (SSSR count). The quantitative estimate of drug-likeness (QED) is 0.307. The predicted octanol–water partition coefficient (Wildman–Crippen LogP) is 7.58. The van der Waals surface area contributed by atoms with E-state index in [1.54, 1.807) is 0 Å². The number of rotatable bonds is 4. The van der Waals surface area contributed by atoms with Crippen molar-refractivity contribution in [3.05, 3.63) is 109 Å². The van der Waals surface area contributed by atoms with E-state index in [-0.39, 0.29) is 0 Å². The van der Waals surface area contributed by atoms with Gasteiger partial charge in [-0.25, -0.2) is 0 Å². The number of hydrogen-bond acceptors (Lipinski definition) is 2. The van der Waals surface area contributed by atoms with Crippen molar-refractivity contribution in [2.75, 3.05) is 0 Å². The largest absolute Gasteiger partial charge is 0.457 e. The zero-order chi connectivity index (χ0) is 18.8. The zero-order valence-corrected chi connectivity index (χ0v) is 15.2. The summed E-state index contributed by atoms with van der Waals surface area (Å²) in [5.41, 5.74) is 0. The van der Waals surface area contributed by atoms with Crippen LogP contribution < -0.4 is 9.47 Å². The average molecular weight is 362 g/mol. The van der Waals surface area contributed by atoms with Crippen molar-refractivity contribution in [1.29, 1.82) is 0 Å². The van der Waals surface area contributed by atoms with Crippen LogP contribution in [-0.2, 0) is 0 Å². The van der Waals surface area contributed by atoms with Crippen LogP contribution >= 0.6 is 0 Å². The zero-order valence-electron chi connectivity index (χ0n) is 15.2. The second kappa shape index (κ2) is 7.09. The van der Waals surface area contributed by atoms with Crippen molar-refractivity contribution in [1.82, 2.24) is 0 Å². The first-order valence-corrected chi connectivity index (χ1v) is 9.27. The van der Waals surface area contributed by atoms with Crippen LogP contribution in [0.1, 0.15) is 0 Å². The molecule has 0 saturated carbocycles. The lowest BCUT2D eigenvalue weighted by Gasteiger charge is -2.11. The summed E-state index contributed by atoms with van der Waals surface area (Å²) >= 11 is 0. The first kappa shape index (κ1) is 16.4. The topological polar surface area (TPSA) is 18.5 Å². The minimum Gasteiger partial charge on any atom is -0.457 e. The molecule has 2 nitrogen and oxygen atoms in total. The SMILES string of the molecule is c1ccc(Oc2ccc3cc4c(Oc5ccccc5)cccc4cc3c2)cc1. The highest BCUT2D eigenvalue weighted by Crippen LogP contribution is 2.34. The Bertz CT molecular complexity index is 1240. The van der Waals surface area contributed by atoms with E-state index in [2.05, 4.69) is 30.3 Å². The van der Waals surface area contributed by atoms with Gasteiger partial charge in [0.05, 0.1) is 0 Å². The minimum atomic E-state index is 0.828. The lowest BCUT2D eigenvalue weighted by atomic mass is 10.0. The summed E-state index contributed by atoms with van der Waals surface area (Å²) in [5.74, 6) is 3.35. The van der Waals surface area contributed by atoms with E-state index in [0.29, 0.717) is 0 Å². The number of fused-ring (bicyclic) bond motifs is 2. The molecule has 0 aliphatic heterocycles. The fraction of sp³-hybridized carbons (Fsp3) is 0. The van der Waals surface area contributed by atoms with Gasteiger partial charge in [0.2, 0.25) is 0 Å². The summed E-state index contributed by atoms with van der Waals surface area (Å²) in [4.78, 5) is 0. The maximum atomic E-state index is 6.12. The molecule has 134 valence electrons. The third kappa shape index (κ3) is 3.28. The van der Waals surface area contributed by atoms with Crippen molar-refractivity contribution >= 4 is 21.5 Å². The lowest BCUT2D eigenvalue weighted by Crippen LogP contribution is -1.87. The number of benzene rings is 5. The van der Waals surface area contributed by atoms with E-state index < -0.39 is 0 Å². The first-order chi connectivity index (χ1) is 13.8. The first-order valence-electron chi connectivity index (χ1n) is 9.27. The standard InChI is InChI=1S/C26H18O2/c1-3-9-22(10-4-1)27-24-15-14-19-18-25-20(16-21(19)17-24)8-7-13-26(25)28-23-11-5-2-6-12-23/h1-18H. The second-order valence-corrected chi connectivity index (χ2v) is 6.67. The van der Waals surface area contributed by atoms with Crippen LogP contribution in [0.15, 0.2) is 109 Å². The van der Waals surface area contributed by atoms with Gasteiger partial charge in [-0.15, -0.1) is 0 Å². The number of para-hydroxylation sites is 2. The van der Waals surface area contributed by atoms with Crippen molar-refractivity contribution in [3.8, 4) is 23.0 Å². The van der Waals surface area contributed by atoms with Gasteiger partial charge in [0.25, 0.3) is 0 Å². The normalized spacial score (nSPS) is 10.9. The minimum absolute atomic E-state index is 0.828.